The Hall–Kier alpha value is -1.68. The first-order valence-corrected chi connectivity index (χ1v) is 4.79. The summed E-state index contributed by atoms with van der Waals surface area (Å²) in [6.07, 6.45) is 7.88. The summed E-state index contributed by atoms with van der Waals surface area (Å²) in [5, 5.41) is 0. The third kappa shape index (κ3) is 2.41. The number of ketones is 1. The van der Waals surface area contributed by atoms with Crippen molar-refractivity contribution in [3.05, 3.63) is 35.5 Å². The zero-order valence-electron chi connectivity index (χ0n) is 8.16. The van der Waals surface area contributed by atoms with Crippen LogP contribution in [0.25, 0.3) is 0 Å². The SMILES string of the molecule is O=C1C=CC(C=C2CCONC2=O)=CC1. The second-order valence-electron chi connectivity index (χ2n) is 3.41. The number of rotatable bonds is 1. The van der Waals surface area contributed by atoms with E-state index in [1.54, 1.807) is 12.2 Å². The molecule has 1 N–H and O–H groups in total. The number of hydrogen-bond acceptors (Lipinski definition) is 3. The summed E-state index contributed by atoms with van der Waals surface area (Å²) in [7, 11) is 0. The summed E-state index contributed by atoms with van der Waals surface area (Å²) in [5.41, 5.74) is 3.90. The summed E-state index contributed by atoms with van der Waals surface area (Å²) in [6, 6.07) is 0. The molecule has 0 unspecified atom stereocenters. The van der Waals surface area contributed by atoms with Crippen LogP contribution in [0.2, 0.25) is 0 Å². The van der Waals surface area contributed by atoms with Crippen molar-refractivity contribution in [3.63, 3.8) is 0 Å². The molecule has 0 aromatic carbocycles. The summed E-state index contributed by atoms with van der Waals surface area (Å²) in [4.78, 5) is 27.0. The first-order chi connectivity index (χ1) is 7.25. The van der Waals surface area contributed by atoms with Gasteiger partial charge in [0.2, 0.25) is 0 Å². The molecule has 0 bridgehead atoms. The molecule has 1 saturated heterocycles. The zero-order valence-corrected chi connectivity index (χ0v) is 8.16. The van der Waals surface area contributed by atoms with Gasteiger partial charge in [-0.25, -0.2) is 5.48 Å². The Morgan fingerprint density at radius 3 is 2.87 bits per heavy atom. The molecule has 0 aromatic heterocycles. The monoisotopic (exact) mass is 205 g/mol. The minimum Gasteiger partial charge on any atom is -0.295 e. The molecular weight excluding hydrogens is 194 g/mol. The lowest BCUT2D eigenvalue weighted by atomic mass is 10.0. The van der Waals surface area contributed by atoms with Gasteiger partial charge < -0.3 is 0 Å². The van der Waals surface area contributed by atoms with Crippen molar-refractivity contribution < 1.29 is 14.4 Å². The van der Waals surface area contributed by atoms with Crippen molar-refractivity contribution in [3.8, 4) is 0 Å². The Morgan fingerprint density at radius 2 is 2.20 bits per heavy atom. The molecule has 1 amide bonds. The maximum atomic E-state index is 11.3. The molecule has 0 aromatic rings. The third-order valence-electron chi connectivity index (χ3n) is 2.27. The van der Waals surface area contributed by atoms with Crippen LogP contribution in [0.1, 0.15) is 12.8 Å². The number of carbonyl (C=O) groups excluding carboxylic acids is 2. The van der Waals surface area contributed by atoms with Gasteiger partial charge in [0, 0.05) is 18.4 Å². The molecule has 2 aliphatic rings. The van der Waals surface area contributed by atoms with Gasteiger partial charge in [0.1, 0.15) is 0 Å². The van der Waals surface area contributed by atoms with E-state index in [1.807, 2.05) is 6.08 Å². The maximum Gasteiger partial charge on any atom is 0.270 e. The van der Waals surface area contributed by atoms with Crippen molar-refractivity contribution in [2.24, 2.45) is 0 Å². The molecule has 0 radical (unpaired) electrons. The van der Waals surface area contributed by atoms with Gasteiger partial charge in [-0.3, -0.25) is 14.4 Å². The predicted molar refractivity (Wildman–Crippen MR) is 53.6 cm³/mol. The zero-order chi connectivity index (χ0) is 10.7. The van der Waals surface area contributed by atoms with Crippen molar-refractivity contribution in [1.82, 2.24) is 5.48 Å². The van der Waals surface area contributed by atoms with Crippen LogP contribution in [-0.2, 0) is 14.4 Å². The summed E-state index contributed by atoms with van der Waals surface area (Å²) in [6.45, 7) is 0.494. The maximum absolute atomic E-state index is 11.3. The van der Waals surface area contributed by atoms with E-state index in [-0.39, 0.29) is 11.7 Å². The molecule has 0 atom stereocenters. The third-order valence-corrected chi connectivity index (χ3v) is 2.27. The Kier molecular flexibility index (Phi) is 2.78. The molecule has 2 rings (SSSR count). The van der Waals surface area contributed by atoms with E-state index in [0.29, 0.717) is 25.0 Å². The van der Waals surface area contributed by atoms with Gasteiger partial charge in [-0.2, -0.15) is 0 Å². The van der Waals surface area contributed by atoms with Crippen LogP contribution in [0.4, 0.5) is 0 Å². The van der Waals surface area contributed by atoms with E-state index in [1.165, 1.54) is 6.08 Å². The smallest absolute Gasteiger partial charge is 0.270 e. The van der Waals surface area contributed by atoms with Gasteiger partial charge in [0.05, 0.1) is 6.61 Å². The van der Waals surface area contributed by atoms with Crippen LogP contribution in [0, 0.1) is 0 Å². The van der Waals surface area contributed by atoms with E-state index in [2.05, 4.69) is 5.48 Å². The lowest BCUT2D eigenvalue weighted by molar-refractivity contribution is -0.133. The van der Waals surface area contributed by atoms with Crippen molar-refractivity contribution in [2.45, 2.75) is 12.8 Å². The van der Waals surface area contributed by atoms with Crippen LogP contribution in [-0.4, -0.2) is 18.3 Å². The largest absolute Gasteiger partial charge is 0.295 e. The molecule has 78 valence electrons. The summed E-state index contributed by atoms with van der Waals surface area (Å²) >= 11 is 0. The number of allylic oxidation sites excluding steroid dienone is 5. The minimum absolute atomic E-state index is 0.0913. The number of nitrogens with one attached hydrogen (secondary N) is 1. The van der Waals surface area contributed by atoms with Gasteiger partial charge in [-0.1, -0.05) is 12.2 Å². The highest BCUT2D eigenvalue weighted by molar-refractivity contribution is 5.95. The molecule has 4 nitrogen and oxygen atoms in total. The number of hydrogen-bond donors (Lipinski definition) is 1. The van der Waals surface area contributed by atoms with Crippen LogP contribution in [0.15, 0.2) is 35.5 Å². The van der Waals surface area contributed by atoms with E-state index in [0.717, 1.165) is 5.57 Å². The van der Waals surface area contributed by atoms with E-state index >= 15 is 0 Å². The number of amides is 1. The number of hydroxylamine groups is 1. The molecule has 1 fully saturated rings. The predicted octanol–water partition coefficient (Wildman–Crippen LogP) is 0.820. The molecule has 4 heteroatoms. The average molecular weight is 205 g/mol. The Bertz CT molecular complexity index is 391. The van der Waals surface area contributed by atoms with Gasteiger partial charge in [0.15, 0.2) is 5.78 Å². The molecule has 1 aliphatic heterocycles. The fourth-order valence-electron chi connectivity index (χ4n) is 1.45. The highest BCUT2D eigenvalue weighted by atomic mass is 16.7. The molecule has 1 aliphatic carbocycles. The Balaban J connectivity index is 2.12. The normalized spacial score (nSPS) is 24.0. The van der Waals surface area contributed by atoms with Crippen LogP contribution in [0.5, 0.6) is 0 Å². The highest BCUT2D eigenvalue weighted by Gasteiger charge is 2.15. The van der Waals surface area contributed by atoms with Crippen LogP contribution >= 0.6 is 0 Å². The lowest BCUT2D eigenvalue weighted by Gasteiger charge is -2.15. The van der Waals surface area contributed by atoms with E-state index in [4.69, 9.17) is 4.84 Å². The fraction of sp³-hybridized carbons (Fsp3) is 0.273. The minimum atomic E-state index is -0.201. The molecule has 1 heterocycles. The van der Waals surface area contributed by atoms with Gasteiger partial charge in [-0.05, 0) is 17.7 Å². The Labute approximate surface area is 87.2 Å². The van der Waals surface area contributed by atoms with Gasteiger partial charge in [-0.15, -0.1) is 0 Å². The summed E-state index contributed by atoms with van der Waals surface area (Å²) in [5.74, 6) is -0.110. The van der Waals surface area contributed by atoms with Gasteiger partial charge >= 0.3 is 0 Å². The number of carbonyl (C=O) groups is 2. The van der Waals surface area contributed by atoms with Crippen molar-refractivity contribution in [1.29, 1.82) is 0 Å². The average Bonchev–Trinajstić information content (AvgIpc) is 2.25. The molecule has 0 spiro atoms. The van der Waals surface area contributed by atoms with E-state index in [9.17, 15) is 9.59 Å². The fourth-order valence-corrected chi connectivity index (χ4v) is 1.45. The first-order valence-electron chi connectivity index (χ1n) is 4.79. The molecule has 15 heavy (non-hydrogen) atoms. The standard InChI is InChI=1S/C11H11NO3/c13-10-3-1-8(2-4-10)7-9-5-6-15-12-11(9)14/h1-3,7H,4-6H2,(H,12,14). The Morgan fingerprint density at radius 1 is 1.33 bits per heavy atom. The summed E-state index contributed by atoms with van der Waals surface area (Å²) < 4.78 is 0. The van der Waals surface area contributed by atoms with E-state index < -0.39 is 0 Å². The molecule has 0 saturated carbocycles. The van der Waals surface area contributed by atoms with Crippen LogP contribution in [0.3, 0.4) is 0 Å². The van der Waals surface area contributed by atoms with Gasteiger partial charge in [0.25, 0.3) is 5.91 Å². The van der Waals surface area contributed by atoms with Crippen LogP contribution < -0.4 is 5.48 Å². The second-order valence-corrected chi connectivity index (χ2v) is 3.41. The highest BCUT2D eigenvalue weighted by Crippen LogP contribution is 2.14. The topological polar surface area (TPSA) is 55.4 Å². The van der Waals surface area contributed by atoms with Crippen molar-refractivity contribution in [2.75, 3.05) is 6.61 Å². The second kappa shape index (κ2) is 4.23. The van der Waals surface area contributed by atoms with Crippen molar-refractivity contribution >= 4 is 11.7 Å². The molecular formula is C11H11NO3. The lowest BCUT2D eigenvalue weighted by Crippen LogP contribution is -2.31. The quantitative estimate of drug-likeness (QED) is 0.645. The first kappa shape index (κ1) is 9.86.